The molecule has 28 heavy (non-hydrogen) atoms. The molecule has 0 aliphatic rings. The Kier molecular flexibility index (Phi) is 21.5. The van der Waals surface area contributed by atoms with E-state index in [0.717, 1.165) is 6.04 Å². The Labute approximate surface area is 179 Å². The van der Waals surface area contributed by atoms with Crippen LogP contribution in [-0.4, -0.2) is 22.8 Å². The lowest BCUT2D eigenvalue weighted by Crippen LogP contribution is -2.35. The Morgan fingerprint density at radius 3 is 1.11 bits per heavy atom. The van der Waals surface area contributed by atoms with E-state index >= 15 is 0 Å². The van der Waals surface area contributed by atoms with Crippen LogP contribution in [0.5, 0.6) is 0 Å². The highest BCUT2D eigenvalue weighted by molar-refractivity contribution is 6.65. The SMILES string of the molecule is C=CCCCCCCCCCCCCCCCCCCCC[Si](C)(OC)OC. The normalized spacial score (nSPS) is 11.8. The number of unbranched alkanes of at least 4 members (excludes halogenated alkanes) is 18. The van der Waals surface area contributed by atoms with E-state index in [-0.39, 0.29) is 0 Å². The van der Waals surface area contributed by atoms with Crippen LogP contribution in [-0.2, 0) is 8.85 Å². The highest BCUT2D eigenvalue weighted by atomic mass is 28.4. The highest BCUT2D eigenvalue weighted by Crippen LogP contribution is 2.18. The maximum atomic E-state index is 5.54. The van der Waals surface area contributed by atoms with E-state index in [4.69, 9.17) is 8.85 Å². The molecule has 2 nitrogen and oxygen atoms in total. The number of hydrogen-bond donors (Lipinski definition) is 0. The molecular formula is C25H52O2Si. The molecule has 0 spiro atoms. The van der Waals surface area contributed by atoms with Gasteiger partial charge in [0.1, 0.15) is 0 Å². The molecule has 0 aliphatic carbocycles. The maximum absolute atomic E-state index is 5.54. The van der Waals surface area contributed by atoms with E-state index in [2.05, 4.69) is 13.1 Å². The van der Waals surface area contributed by atoms with E-state index in [9.17, 15) is 0 Å². The van der Waals surface area contributed by atoms with Crippen molar-refractivity contribution in [2.75, 3.05) is 14.2 Å². The zero-order valence-corrected chi connectivity index (χ0v) is 20.7. The molecule has 168 valence electrons. The summed E-state index contributed by atoms with van der Waals surface area (Å²) in [6.45, 7) is 5.95. The lowest BCUT2D eigenvalue weighted by molar-refractivity contribution is 0.248. The molecule has 0 saturated heterocycles. The summed E-state index contributed by atoms with van der Waals surface area (Å²) >= 11 is 0. The van der Waals surface area contributed by atoms with Crippen molar-refractivity contribution in [3.8, 4) is 0 Å². The minimum atomic E-state index is -1.81. The summed E-state index contributed by atoms with van der Waals surface area (Å²) in [5, 5.41) is 0. The van der Waals surface area contributed by atoms with Crippen molar-refractivity contribution in [1.29, 1.82) is 0 Å². The van der Waals surface area contributed by atoms with Crippen molar-refractivity contribution in [2.24, 2.45) is 0 Å². The number of allylic oxidation sites excluding steroid dienone is 1. The van der Waals surface area contributed by atoms with E-state index in [1.807, 2.05) is 6.08 Å². The molecule has 0 heterocycles. The molecule has 0 rings (SSSR count). The monoisotopic (exact) mass is 412 g/mol. The summed E-state index contributed by atoms with van der Waals surface area (Å²) < 4.78 is 11.1. The third-order valence-corrected chi connectivity index (χ3v) is 9.14. The Morgan fingerprint density at radius 1 is 0.536 bits per heavy atom. The molecule has 0 aliphatic heterocycles. The van der Waals surface area contributed by atoms with Crippen LogP contribution in [0.3, 0.4) is 0 Å². The fraction of sp³-hybridized carbons (Fsp3) is 0.920. The fourth-order valence-corrected chi connectivity index (χ4v) is 5.32. The maximum Gasteiger partial charge on any atom is 0.334 e. The smallest absolute Gasteiger partial charge is 0.334 e. The van der Waals surface area contributed by atoms with Crippen LogP contribution in [0, 0.1) is 0 Å². The van der Waals surface area contributed by atoms with Gasteiger partial charge in [-0.25, -0.2) is 0 Å². The van der Waals surface area contributed by atoms with E-state index in [1.165, 1.54) is 122 Å². The van der Waals surface area contributed by atoms with Gasteiger partial charge in [-0.1, -0.05) is 115 Å². The van der Waals surface area contributed by atoms with Crippen molar-refractivity contribution in [1.82, 2.24) is 0 Å². The molecule has 0 aromatic carbocycles. The summed E-state index contributed by atoms with van der Waals surface area (Å²) in [7, 11) is 1.78. The van der Waals surface area contributed by atoms with Crippen molar-refractivity contribution in [2.45, 2.75) is 135 Å². The first kappa shape index (κ1) is 27.9. The van der Waals surface area contributed by atoms with Crippen molar-refractivity contribution in [3.63, 3.8) is 0 Å². The molecule has 3 heteroatoms. The Balaban J connectivity index is 3.11. The largest absolute Gasteiger partial charge is 0.398 e. The predicted octanol–water partition coefficient (Wildman–Crippen LogP) is 8.95. The lowest BCUT2D eigenvalue weighted by Gasteiger charge is -2.22. The van der Waals surface area contributed by atoms with E-state index in [0.29, 0.717) is 0 Å². The Bertz CT molecular complexity index is 316. The van der Waals surface area contributed by atoms with Gasteiger partial charge in [0.05, 0.1) is 0 Å². The van der Waals surface area contributed by atoms with Gasteiger partial charge in [-0.05, 0) is 25.4 Å². The van der Waals surface area contributed by atoms with Gasteiger partial charge < -0.3 is 8.85 Å². The van der Waals surface area contributed by atoms with Crippen LogP contribution >= 0.6 is 0 Å². The van der Waals surface area contributed by atoms with Gasteiger partial charge in [-0.2, -0.15) is 0 Å². The third kappa shape index (κ3) is 19.2. The molecule has 0 bridgehead atoms. The van der Waals surface area contributed by atoms with Crippen molar-refractivity contribution in [3.05, 3.63) is 12.7 Å². The van der Waals surface area contributed by atoms with Gasteiger partial charge in [-0.3, -0.25) is 0 Å². The van der Waals surface area contributed by atoms with Crippen LogP contribution < -0.4 is 0 Å². The second kappa shape index (κ2) is 21.6. The number of rotatable bonds is 23. The van der Waals surface area contributed by atoms with Crippen LogP contribution in [0.25, 0.3) is 0 Å². The first-order valence-electron chi connectivity index (χ1n) is 12.4. The molecule has 0 aromatic rings. The molecule has 0 saturated carbocycles. The predicted molar refractivity (Wildman–Crippen MR) is 128 cm³/mol. The summed E-state index contributed by atoms with van der Waals surface area (Å²) in [5.41, 5.74) is 0. The average molecular weight is 413 g/mol. The molecule has 0 unspecified atom stereocenters. The zero-order valence-electron chi connectivity index (χ0n) is 19.7. The van der Waals surface area contributed by atoms with Crippen LogP contribution in [0.15, 0.2) is 12.7 Å². The summed E-state index contributed by atoms with van der Waals surface area (Å²) in [5.74, 6) is 0. The van der Waals surface area contributed by atoms with Gasteiger partial charge >= 0.3 is 8.56 Å². The van der Waals surface area contributed by atoms with Crippen LogP contribution in [0.2, 0.25) is 12.6 Å². The van der Waals surface area contributed by atoms with Gasteiger partial charge in [-0.15, -0.1) is 6.58 Å². The van der Waals surface area contributed by atoms with Gasteiger partial charge in [0.15, 0.2) is 0 Å². The summed E-state index contributed by atoms with van der Waals surface area (Å²) in [6, 6.07) is 1.13. The molecule has 0 fully saturated rings. The fourth-order valence-electron chi connectivity index (χ4n) is 3.85. The first-order chi connectivity index (χ1) is 13.7. The first-order valence-corrected chi connectivity index (χ1v) is 14.9. The second-order valence-electron chi connectivity index (χ2n) is 8.73. The van der Waals surface area contributed by atoms with E-state index in [1.54, 1.807) is 14.2 Å². The highest BCUT2D eigenvalue weighted by Gasteiger charge is 2.27. The quantitative estimate of drug-likeness (QED) is 0.0946. The molecule has 0 radical (unpaired) electrons. The molecular weight excluding hydrogens is 360 g/mol. The zero-order chi connectivity index (χ0) is 20.8. The van der Waals surface area contributed by atoms with Crippen molar-refractivity contribution >= 4 is 8.56 Å². The van der Waals surface area contributed by atoms with Crippen LogP contribution in [0.1, 0.15) is 122 Å². The topological polar surface area (TPSA) is 18.5 Å². The molecule has 0 aromatic heterocycles. The minimum absolute atomic E-state index is 1.13. The molecule has 0 amide bonds. The van der Waals surface area contributed by atoms with E-state index < -0.39 is 8.56 Å². The Morgan fingerprint density at radius 2 is 0.821 bits per heavy atom. The van der Waals surface area contributed by atoms with Crippen LogP contribution in [0.4, 0.5) is 0 Å². The van der Waals surface area contributed by atoms with Gasteiger partial charge in [0.2, 0.25) is 0 Å². The average Bonchev–Trinajstić information content (AvgIpc) is 2.72. The third-order valence-electron chi connectivity index (χ3n) is 6.15. The summed E-state index contributed by atoms with van der Waals surface area (Å²) in [4.78, 5) is 0. The summed E-state index contributed by atoms with van der Waals surface area (Å²) in [6.07, 6.45) is 28.8. The van der Waals surface area contributed by atoms with Gasteiger partial charge in [0, 0.05) is 14.2 Å². The molecule has 0 atom stereocenters. The lowest BCUT2D eigenvalue weighted by atomic mass is 10.0. The standard InChI is InChI=1S/C25H52O2Si/c1-5-6-7-8-9-10-11-12-13-14-15-16-17-18-19-20-21-22-23-24-25-28(4,26-2)27-3/h5H,1,6-25H2,2-4H3. The number of hydrogen-bond acceptors (Lipinski definition) is 2. The second-order valence-corrected chi connectivity index (χ2v) is 12.3. The van der Waals surface area contributed by atoms with Gasteiger partial charge in [0.25, 0.3) is 0 Å². The Hall–Kier alpha value is -0.123. The molecule has 0 N–H and O–H groups in total. The minimum Gasteiger partial charge on any atom is -0.398 e. The van der Waals surface area contributed by atoms with Crippen molar-refractivity contribution < 1.29 is 8.85 Å².